The molecule has 1 aliphatic heterocycles. The van der Waals surface area contributed by atoms with E-state index >= 15 is 0 Å². The lowest BCUT2D eigenvalue weighted by Gasteiger charge is -2.29. The van der Waals surface area contributed by atoms with E-state index < -0.39 is 0 Å². The van der Waals surface area contributed by atoms with E-state index in [1.807, 2.05) is 35.1 Å². The standard InChI is InChI=1S/C23H23ClN5/c1-14-5-6-19(29-9-4-8-25-29)20(11-14)28-10-7-15(2)22(28)23-26-18-13-17(24)12-16(3)21(18)27-23/h4-5,8-9,11-13,15,22H,7,10H2,1-3H3,(H,26,27)/t15-,22-/m0/s1. The van der Waals surface area contributed by atoms with Gasteiger partial charge in [0.2, 0.25) is 0 Å². The molecule has 0 aliphatic carbocycles. The van der Waals surface area contributed by atoms with Crippen LogP contribution in [-0.4, -0.2) is 26.3 Å². The van der Waals surface area contributed by atoms with Crippen LogP contribution in [0.3, 0.4) is 0 Å². The third-order valence-electron chi connectivity index (χ3n) is 5.83. The zero-order valence-corrected chi connectivity index (χ0v) is 17.5. The molecular weight excluding hydrogens is 382 g/mol. The Morgan fingerprint density at radius 3 is 2.90 bits per heavy atom. The van der Waals surface area contributed by atoms with Crippen molar-refractivity contribution in [1.82, 2.24) is 19.7 Å². The Bertz CT molecular complexity index is 1180. The number of H-pyrrole nitrogens is 1. The second-order valence-electron chi connectivity index (χ2n) is 8.01. The number of anilines is 1. The van der Waals surface area contributed by atoms with Crippen LogP contribution in [0.5, 0.6) is 0 Å². The van der Waals surface area contributed by atoms with E-state index in [4.69, 9.17) is 16.6 Å². The van der Waals surface area contributed by atoms with Crippen molar-refractivity contribution in [2.45, 2.75) is 33.2 Å². The van der Waals surface area contributed by atoms with Gasteiger partial charge in [0.05, 0.1) is 28.5 Å². The van der Waals surface area contributed by atoms with Crippen LogP contribution in [0, 0.1) is 25.8 Å². The van der Waals surface area contributed by atoms with Gasteiger partial charge in [-0.1, -0.05) is 18.5 Å². The number of fused-ring (bicyclic) bond motifs is 1. The summed E-state index contributed by atoms with van der Waals surface area (Å²) < 4.78 is 1.89. The van der Waals surface area contributed by atoms with Gasteiger partial charge >= 0.3 is 0 Å². The largest absolute Gasteiger partial charge is 0.359 e. The topological polar surface area (TPSA) is 49.7 Å². The van der Waals surface area contributed by atoms with Crippen molar-refractivity contribution in [3.63, 3.8) is 0 Å². The fourth-order valence-corrected chi connectivity index (χ4v) is 4.70. The maximum Gasteiger partial charge on any atom is 0.130 e. The normalized spacial score (nSPS) is 19.4. The Morgan fingerprint density at radius 1 is 1.24 bits per heavy atom. The second-order valence-corrected chi connectivity index (χ2v) is 8.44. The lowest BCUT2D eigenvalue weighted by molar-refractivity contribution is 0.513. The van der Waals surface area contributed by atoms with E-state index in [9.17, 15) is 0 Å². The van der Waals surface area contributed by atoms with Gasteiger partial charge in [-0.3, -0.25) is 0 Å². The van der Waals surface area contributed by atoms with Gasteiger partial charge in [0.15, 0.2) is 0 Å². The number of aromatic nitrogens is 4. The van der Waals surface area contributed by atoms with Crippen molar-refractivity contribution in [2.75, 3.05) is 11.4 Å². The van der Waals surface area contributed by atoms with Crippen molar-refractivity contribution in [1.29, 1.82) is 0 Å². The minimum Gasteiger partial charge on any atom is -0.359 e. The quantitative estimate of drug-likeness (QED) is 0.497. The molecule has 2 aromatic carbocycles. The predicted molar refractivity (Wildman–Crippen MR) is 117 cm³/mol. The molecule has 1 aliphatic rings. The van der Waals surface area contributed by atoms with Crippen molar-refractivity contribution < 1.29 is 0 Å². The molecule has 0 amide bonds. The fraction of sp³-hybridized carbons (Fsp3) is 0.304. The van der Waals surface area contributed by atoms with E-state index in [0.29, 0.717) is 5.92 Å². The molecule has 4 aromatic rings. The van der Waals surface area contributed by atoms with Crippen LogP contribution in [0.4, 0.5) is 5.69 Å². The molecule has 1 N–H and O–H groups in total. The van der Waals surface area contributed by atoms with Gasteiger partial charge in [0, 0.05) is 30.0 Å². The molecule has 1 fully saturated rings. The first-order chi connectivity index (χ1) is 14.0. The molecule has 5 rings (SSSR count). The maximum atomic E-state index is 6.27. The highest BCUT2D eigenvalue weighted by Crippen LogP contribution is 2.42. The summed E-state index contributed by atoms with van der Waals surface area (Å²) in [6.45, 7) is 7.42. The molecule has 6 heteroatoms. The molecule has 5 nitrogen and oxygen atoms in total. The van der Waals surface area contributed by atoms with E-state index in [1.54, 1.807) is 6.20 Å². The van der Waals surface area contributed by atoms with Crippen molar-refractivity contribution in [3.8, 4) is 5.69 Å². The number of halogens is 1. The van der Waals surface area contributed by atoms with E-state index in [1.165, 1.54) is 5.56 Å². The van der Waals surface area contributed by atoms with Gasteiger partial charge < -0.3 is 9.88 Å². The Labute approximate surface area is 175 Å². The first kappa shape index (κ1) is 18.3. The number of nitrogens with one attached hydrogen (secondary N) is 1. The number of hydrogen-bond acceptors (Lipinski definition) is 3. The molecule has 29 heavy (non-hydrogen) atoms. The highest BCUT2D eigenvalue weighted by atomic mass is 35.5. The number of aryl methyl sites for hydroxylation is 2. The minimum atomic E-state index is 0.157. The summed E-state index contributed by atoms with van der Waals surface area (Å²) in [5.74, 6) is 1.46. The second kappa shape index (κ2) is 6.92. The zero-order valence-electron chi connectivity index (χ0n) is 16.8. The first-order valence-electron chi connectivity index (χ1n) is 9.96. The molecule has 0 bridgehead atoms. The van der Waals surface area contributed by atoms with Crippen LogP contribution in [0.25, 0.3) is 16.7 Å². The van der Waals surface area contributed by atoms with E-state index in [2.05, 4.69) is 47.9 Å². The summed E-state index contributed by atoms with van der Waals surface area (Å²) in [5, 5.41) is 5.17. The van der Waals surface area contributed by atoms with Gasteiger partial charge in [0.1, 0.15) is 5.82 Å². The summed E-state index contributed by atoms with van der Waals surface area (Å²) in [4.78, 5) is 11.0. The maximum absolute atomic E-state index is 6.27. The SMILES string of the molecule is Cc1c[c]c(-n2cccn2)c(N2CC[C@H](C)[C@H]2c2nc3c(C)cc(Cl)cc3[nH]2)c1. The molecule has 2 aromatic heterocycles. The van der Waals surface area contributed by atoms with E-state index in [0.717, 1.165) is 51.8 Å². The highest BCUT2D eigenvalue weighted by molar-refractivity contribution is 6.31. The van der Waals surface area contributed by atoms with Crippen LogP contribution < -0.4 is 4.90 Å². The lowest BCUT2D eigenvalue weighted by Crippen LogP contribution is -2.27. The Morgan fingerprint density at radius 2 is 2.10 bits per heavy atom. The molecule has 0 spiro atoms. The van der Waals surface area contributed by atoms with Crippen LogP contribution in [0.15, 0.2) is 42.7 Å². The highest BCUT2D eigenvalue weighted by Gasteiger charge is 2.36. The number of hydrogen-bond donors (Lipinski definition) is 1. The Balaban J connectivity index is 1.64. The van der Waals surface area contributed by atoms with Crippen molar-refractivity contribution in [3.05, 3.63) is 70.8 Å². The van der Waals surface area contributed by atoms with Crippen LogP contribution >= 0.6 is 11.6 Å². The van der Waals surface area contributed by atoms with Crippen LogP contribution in [0.1, 0.15) is 36.3 Å². The molecule has 0 saturated carbocycles. The smallest absolute Gasteiger partial charge is 0.130 e. The van der Waals surface area contributed by atoms with E-state index in [-0.39, 0.29) is 6.04 Å². The average Bonchev–Trinajstić information content (AvgIpc) is 3.40. The zero-order chi connectivity index (χ0) is 20.1. The monoisotopic (exact) mass is 404 g/mol. The van der Waals surface area contributed by atoms with Crippen LogP contribution in [0.2, 0.25) is 5.02 Å². The summed E-state index contributed by atoms with van der Waals surface area (Å²) in [7, 11) is 0. The van der Waals surface area contributed by atoms with Gasteiger partial charge in [-0.15, -0.1) is 0 Å². The Kier molecular flexibility index (Phi) is 4.36. The number of benzene rings is 2. The molecule has 2 atom stereocenters. The number of nitrogens with zero attached hydrogens (tertiary/aromatic N) is 4. The first-order valence-corrected chi connectivity index (χ1v) is 10.3. The summed E-state index contributed by atoms with van der Waals surface area (Å²) in [5.41, 5.74) is 6.36. The third-order valence-corrected chi connectivity index (χ3v) is 6.05. The van der Waals surface area contributed by atoms with Gasteiger partial charge in [-0.25, -0.2) is 9.67 Å². The Hall–Kier alpha value is -2.79. The fourth-order valence-electron chi connectivity index (χ4n) is 4.43. The van der Waals surface area contributed by atoms with Gasteiger partial charge in [0.25, 0.3) is 0 Å². The minimum absolute atomic E-state index is 0.157. The molecular formula is C23H23ClN5. The summed E-state index contributed by atoms with van der Waals surface area (Å²) in [6.07, 6.45) is 4.87. The number of imidazole rings is 1. The molecule has 3 heterocycles. The van der Waals surface area contributed by atoms with Gasteiger partial charge in [-0.05, 0) is 67.6 Å². The lowest BCUT2D eigenvalue weighted by atomic mass is 10.0. The average molecular weight is 405 g/mol. The molecule has 147 valence electrons. The molecule has 1 saturated heterocycles. The summed E-state index contributed by atoms with van der Waals surface area (Å²) >= 11 is 6.27. The predicted octanol–water partition coefficient (Wildman–Crippen LogP) is 5.41. The summed E-state index contributed by atoms with van der Waals surface area (Å²) in [6, 6.07) is 13.7. The van der Waals surface area contributed by atoms with Crippen molar-refractivity contribution in [2.24, 2.45) is 5.92 Å². The third kappa shape index (κ3) is 3.10. The van der Waals surface area contributed by atoms with Crippen molar-refractivity contribution >= 4 is 28.3 Å². The molecule has 0 unspecified atom stereocenters. The number of aromatic amines is 1. The van der Waals surface area contributed by atoms with Crippen LogP contribution in [-0.2, 0) is 0 Å². The molecule has 1 radical (unpaired) electrons. The van der Waals surface area contributed by atoms with Gasteiger partial charge in [-0.2, -0.15) is 5.10 Å². The number of rotatable bonds is 3.